The Morgan fingerprint density at radius 1 is 1.06 bits per heavy atom. The molecule has 0 amide bonds. The highest BCUT2D eigenvalue weighted by molar-refractivity contribution is 5.77. The van der Waals surface area contributed by atoms with Gasteiger partial charge in [-0.2, -0.15) is 4.39 Å². The minimum atomic E-state index is -0.955. The van der Waals surface area contributed by atoms with Gasteiger partial charge in [0.1, 0.15) is 18.1 Å². The van der Waals surface area contributed by atoms with Crippen molar-refractivity contribution in [3.8, 4) is 22.6 Å². The average Bonchev–Trinajstić information content (AvgIpc) is 3.22. The fraction of sp³-hybridized carbons (Fsp3) is 0.292. The topological polar surface area (TPSA) is 91.9 Å². The number of halogens is 1. The number of rotatable bonds is 2. The number of benzene rings is 1. The van der Waals surface area contributed by atoms with Gasteiger partial charge in [-0.05, 0) is 54.8 Å². The normalized spacial score (nSPS) is 22.0. The number of nitrogens with zero attached hydrogens (tertiary/aromatic N) is 3. The maximum absolute atomic E-state index is 14.4. The Labute approximate surface area is 184 Å². The third-order valence-corrected chi connectivity index (χ3v) is 6.36. The van der Waals surface area contributed by atoms with Crippen molar-refractivity contribution >= 4 is 6.02 Å². The van der Waals surface area contributed by atoms with Gasteiger partial charge in [-0.1, -0.05) is 6.07 Å². The second-order valence-corrected chi connectivity index (χ2v) is 8.22. The van der Waals surface area contributed by atoms with Gasteiger partial charge in [-0.25, -0.2) is 9.98 Å². The van der Waals surface area contributed by atoms with Gasteiger partial charge in [0.2, 0.25) is 5.95 Å². The molecule has 3 aromatic rings. The van der Waals surface area contributed by atoms with Crippen LogP contribution < -0.4 is 10.5 Å². The monoisotopic (exact) mass is 432 g/mol. The van der Waals surface area contributed by atoms with Crippen LogP contribution in [0.3, 0.4) is 0 Å². The van der Waals surface area contributed by atoms with Crippen molar-refractivity contribution in [2.45, 2.75) is 24.3 Å². The summed E-state index contributed by atoms with van der Waals surface area (Å²) in [7, 11) is 0. The predicted octanol–water partition coefficient (Wildman–Crippen LogP) is 3.87. The molecule has 0 saturated carbocycles. The molecule has 3 aliphatic rings. The molecule has 0 aliphatic carbocycles. The molecule has 1 spiro atoms. The zero-order valence-corrected chi connectivity index (χ0v) is 17.3. The van der Waals surface area contributed by atoms with Gasteiger partial charge >= 0.3 is 0 Å². The summed E-state index contributed by atoms with van der Waals surface area (Å²) in [5.74, 6) is 1.01. The predicted molar refractivity (Wildman–Crippen MR) is 115 cm³/mol. The smallest absolute Gasteiger partial charge is 0.283 e. The lowest BCUT2D eigenvalue weighted by atomic mass is 9.82. The molecule has 0 radical (unpaired) electrons. The molecule has 6 rings (SSSR count). The molecule has 0 unspecified atom stereocenters. The van der Waals surface area contributed by atoms with E-state index in [1.165, 1.54) is 6.20 Å². The minimum absolute atomic E-state index is 0.0973. The zero-order chi connectivity index (χ0) is 21.7. The number of hydrogen-bond acceptors (Lipinski definition) is 7. The van der Waals surface area contributed by atoms with E-state index in [2.05, 4.69) is 4.98 Å². The lowest BCUT2D eigenvalue weighted by Crippen LogP contribution is -2.33. The molecule has 2 N–H and O–H groups in total. The van der Waals surface area contributed by atoms with Crippen molar-refractivity contribution in [1.29, 1.82) is 0 Å². The van der Waals surface area contributed by atoms with Gasteiger partial charge in [0, 0.05) is 42.1 Å². The van der Waals surface area contributed by atoms with Crippen LogP contribution >= 0.6 is 0 Å². The van der Waals surface area contributed by atoms with E-state index in [0.717, 1.165) is 37.3 Å². The van der Waals surface area contributed by atoms with Gasteiger partial charge in [0.15, 0.2) is 11.3 Å². The molecule has 2 aromatic heterocycles. The van der Waals surface area contributed by atoms with E-state index in [1.54, 1.807) is 12.1 Å². The molecule has 5 heterocycles. The Kier molecular flexibility index (Phi) is 4.36. The molecular formula is C24H21FN4O3. The van der Waals surface area contributed by atoms with Gasteiger partial charge in [-0.15, -0.1) is 0 Å². The number of amidine groups is 1. The number of hydrogen-bond donors (Lipinski definition) is 1. The number of fused-ring (bicyclic) bond motifs is 4. The fourth-order valence-electron chi connectivity index (χ4n) is 4.71. The van der Waals surface area contributed by atoms with Crippen molar-refractivity contribution in [2.24, 2.45) is 10.7 Å². The number of pyridine rings is 2. The van der Waals surface area contributed by atoms with Gasteiger partial charge in [0.25, 0.3) is 6.02 Å². The Hall–Kier alpha value is -3.52. The molecule has 7 nitrogen and oxygen atoms in total. The van der Waals surface area contributed by atoms with Gasteiger partial charge < -0.3 is 19.9 Å². The van der Waals surface area contributed by atoms with Crippen LogP contribution in [0.2, 0.25) is 0 Å². The van der Waals surface area contributed by atoms with E-state index in [1.807, 2.05) is 30.3 Å². The third kappa shape index (κ3) is 2.94. The van der Waals surface area contributed by atoms with E-state index < -0.39 is 11.5 Å². The van der Waals surface area contributed by atoms with E-state index >= 15 is 0 Å². The van der Waals surface area contributed by atoms with Crippen LogP contribution in [0.4, 0.5) is 4.39 Å². The van der Waals surface area contributed by atoms with Crippen molar-refractivity contribution in [1.82, 2.24) is 9.97 Å². The highest BCUT2D eigenvalue weighted by atomic mass is 19.1. The first-order valence-corrected chi connectivity index (χ1v) is 10.6. The SMILES string of the molecule is NC1=N[C@@]2(CO1)c1cc(-c3cccnc3F)ccc1Oc1ccc(C3CCOCC3)nc12. The second kappa shape index (κ2) is 7.27. The van der Waals surface area contributed by atoms with Crippen LogP contribution in [0.15, 0.2) is 53.7 Å². The first-order valence-electron chi connectivity index (χ1n) is 10.6. The van der Waals surface area contributed by atoms with Crippen LogP contribution in [-0.4, -0.2) is 35.8 Å². The number of aliphatic imine (C=N–C) groups is 1. The summed E-state index contributed by atoms with van der Waals surface area (Å²) in [6, 6.07) is 12.9. The van der Waals surface area contributed by atoms with Crippen LogP contribution in [0.5, 0.6) is 11.5 Å². The molecule has 1 aromatic carbocycles. The lowest BCUT2D eigenvalue weighted by molar-refractivity contribution is 0.0843. The minimum Gasteiger partial charge on any atom is -0.462 e. The van der Waals surface area contributed by atoms with Crippen LogP contribution in [0, 0.1) is 5.95 Å². The fourth-order valence-corrected chi connectivity index (χ4v) is 4.71. The zero-order valence-electron chi connectivity index (χ0n) is 17.3. The van der Waals surface area contributed by atoms with Crippen LogP contribution in [0.25, 0.3) is 11.1 Å². The molecule has 1 saturated heterocycles. The molecule has 162 valence electrons. The molecule has 1 fully saturated rings. The highest BCUT2D eigenvalue weighted by Crippen LogP contribution is 2.51. The summed E-state index contributed by atoms with van der Waals surface area (Å²) in [5, 5.41) is 0. The Bertz CT molecular complexity index is 1240. The quantitative estimate of drug-likeness (QED) is 0.618. The first kappa shape index (κ1) is 19.2. The average molecular weight is 432 g/mol. The number of ether oxygens (including phenoxy) is 3. The Morgan fingerprint density at radius 3 is 2.69 bits per heavy atom. The van der Waals surface area contributed by atoms with E-state index in [9.17, 15) is 4.39 Å². The molecule has 3 aliphatic heterocycles. The molecule has 32 heavy (non-hydrogen) atoms. The Morgan fingerprint density at radius 2 is 1.91 bits per heavy atom. The summed E-state index contributed by atoms with van der Waals surface area (Å²) in [4.78, 5) is 13.5. The highest BCUT2D eigenvalue weighted by Gasteiger charge is 2.48. The van der Waals surface area contributed by atoms with E-state index in [4.69, 9.17) is 29.9 Å². The summed E-state index contributed by atoms with van der Waals surface area (Å²) in [6.07, 6.45) is 3.26. The molecule has 0 bridgehead atoms. The standard InChI is InChI=1S/C24H21FN4O3/c25-22-16(2-1-9-27-22)15-3-5-19-17(12-15)24(13-31-23(26)29-24)21-20(32-19)6-4-18(28-21)14-7-10-30-11-8-14/h1-6,9,12,14H,7-8,10-11,13H2,(H2,26,29)/t24-/m0/s1. The molecule has 8 heteroatoms. The summed E-state index contributed by atoms with van der Waals surface area (Å²) >= 11 is 0. The van der Waals surface area contributed by atoms with Crippen LogP contribution in [-0.2, 0) is 15.0 Å². The van der Waals surface area contributed by atoms with Gasteiger partial charge in [0.05, 0.1) is 0 Å². The maximum Gasteiger partial charge on any atom is 0.283 e. The largest absolute Gasteiger partial charge is 0.462 e. The maximum atomic E-state index is 14.4. The van der Waals surface area contributed by atoms with Gasteiger partial charge in [-0.3, -0.25) is 4.98 Å². The summed E-state index contributed by atoms with van der Waals surface area (Å²) in [5.41, 5.74) is 8.48. The molecular weight excluding hydrogens is 411 g/mol. The number of nitrogens with two attached hydrogens (primary N) is 1. The van der Waals surface area contributed by atoms with Crippen molar-refractivity contribution in [3.05, 3.63) is 71.6 Å². The van der Waals surface area contributed by atoms with E-state index in [-0.39, 0.29) is 12.6 Å². The van der Waals surface area contributed by atoms with Crippen molar-refractivity contribution in [2.75, 3.05) is 19.8 Å². The Balaban J connectivity index is 1.51. The summed E-state index contributed by atoms with van der Waals surface area (Å²) in [6.45, 7) is 1.65. The van der Waals surface area contributed by atoms with Crippen molar-refractivity contribution < 1.29 is 18.6 Å². The first-order chi connectivity index (χ1) is 15.6. The van der Waals surface area contributed by atoms with Crippen LogP contribution in [0.1, 0.15) is 35.7 Å². The summed E-state index contributed by atoms with van der Waals surface area (Å²) < 4.78 is 31.7. The second-order valence-electron chi connectivity index (χ2n) is 8.22. The van der Waals surface area contributed by atoms with Crippen molar-refractivity contribution in [3.63, 3.8) is 0 Å². The lowest BCUT2D eigenvalue weighted by Gasteiger charge is -2.33. The molecule has 1 atom stereocenters. The number of aromatic nitrogens is 2. The third-order valence-electron chi connectivity index (χ3n) is 6.36. The van der Waals surface area contributed by atoms with E-state index in [0.29, 0.717) is 34.2 Å².